The summed E-state index contributed by atoms with van der Waals surface area (Å²) in [5.74, 6) is 0. The molecule has 5 nitrogen and oxygen atoms in total. The summed E-state index contributed by atoms with van der Waals surface area (Å²) < 4.78 is 1.47. The van der Waals surface area contributed by atoms with Crippen LogP contribution >= 0.6 is 0 Å². The van der Waals surface area contributed by atoms with E-state index in [2.05, 4.69) is 39.2 Å². The van der Waals surface area contributed by atoms with Gasteiger partial charge in [0.05, 0.1) is 26.2 Å². The molecule has 0 bridgehead atoms. The Labute approximate surface area is 246 Å². The van der Waals surface area contributed by atoms with E-state index in [9.17, 15) is 0 Å². The fourth-order valence-electron chi connectivity index (χ4n) is 5.58. The van der Waals surface area contributed by atoms with Crippen LogP contribution in [0.15, 0.2) is 0 Å². The molecule has 5 heteroatoms. The van der Waals surface area contributed by atoms with Gasteiger partial charge in [0.15, 0.2) is 12.4 Å². The molecule has 0 aliphatic rings. The van der Waals surface area contributed by atoms with Gasteiger partial charge in [-0.2, -0.15) is 10.5 Å². The Bertz CT molecular complexity index is 465. The minimum atomic E-state index is 1.25. The normalized spacial score (nSPS) is 10.5. The molecule has 4 N–H and O–H groups in total. The highest BCUT2D eigenvalue weighted by Crippen LogP contribution is 2.20. The Morgan fingerprint density at radius 3 is 0.718 bits per heavy atom. The van der Waals surface area contributed by atoms with Gasteiger partial charge < -0.3 is 16.0 Å². The van der Waals surface area contributed by atoms with Crippen molar-refractivity contribution in [3.05, 3.63) is 0 Å². The van der Waals surface area contributed by atoms with Gasteiger partial charge in [0.25, 0.3) is 0 Å². The van der Waals surface area contributed by atoms with E-state index in [1.165, 1.54) is 197 Å². The zero-order valence-electron chi connectivity index (χ0n) is 27.3. The summed E-state index contributed by atoms with van der Waals surface area (Å²) in [6.07, 6.45) is 37.3. The zero-order valence-corrected chi connectivity index (χ0v) is 27.3. The van der Waals surface area contributed by atoms with Gasteiger partial charge in [0, 0.05) is 0 Å². The maximum absolute atomic E-state index is 7.10. The van der Waals surface area contributed by atoms with E-state index in [4.69, 9.17) is 10.5 Å². The Kier molecular flexibility index (Phi) is 41.7. The predicted molar refractivity (Wildman–Crippen MR) is 173 cm³/mol. The molecule has 0 spiro atoms. The first-order valence-corrected chi connectivity index (χ1v) is 17.1. The maximum Gasteiger partial charge on any atom is 0.173 e. The van der Waals surface area contributed by atoms with Crippen LogP contribution in [0.4, 0.5) is 0 Å². The lowest BCUT2D eigenvalue weighted by molar-refractivity contribution is -0.929. The summed E-state index contributed by atoms with van der Waals surface area (Å²) in [7, 11) is 0. The molecule has 232 valence electrons. The molecule has 0 aliphatic heterocycles. The quantitative estimate of drug-likeness (QED) is 0.0438. The first-order valence-electron chi connectivity index (χ1n) is 17.1. The van der Waals surface area contributed by atoms with Crippen molar-refractivity contribution in [2.75, 3.05) is 26.2 Å². The SMILES string of the molecule is CCCCCCCCCCCCCC[N+](CCCCCC)(CCCCCC)CCCCCC.N#CN.N#CN. The van der Waals surface area contributed by atoms with Crippen molar-refractivity contribution in [2.45, 2.75) is 182 Å². The standard InChI is InChI=1S/C32H68N.2CH2N2/c1-5-9-13-17-18-19-20-21-22-23-24-28-32-33(29-25-14-10-6-2,30-26-15-11-7-3)31-27-16-12-8-4;2*2-1-3/h5-32H2,1-4H3;2*2H2/q+1;;. The van der Waals surface area contributed by atoms with E-state index in [1.54, 1.807) is 0 Å². The molecule has 0 aliphatic carbocycles. The summed E-state index contributed by atoms with van der Waals surface area (Å²) in [5, 5.41) is 14.2. The summed E-state index contributed by atoms with van der Waals surface area (Å²) in [6, 6.07) is 0. The largest absolute Gasteiger partial charge is 0.337 e. The van der Waals surface area contributed by atoms with Crippen LogP contribution in [-0.2, 0) is 0 Å². The van der Waals surface area contributed by atoms with Gasteiger partial charge >= 0.3 is 0 Å². The van der Waals surface area contributed by atoms with E-state index in [1.807, 2.05) is 0 Å². The van der Waals surface area contributed by atoms with Crippen LogP contribution in [0.3, 0.4) is 0 Å². The Hall–Kier alpha value is -1.46. The number of rotatable bonds is 28. The number of hydrogen-bond acceptors (Lipinski definition) is 4. The third-order valence-corrected chi connectivity index (χ3v) is 7.94. The maximum atomic E-state index is 7.10. The highest BCUT2D eigenvalue weighted by Gasteiger charge is 2.25. The molecule has 0 heterocycles. The van der Waals surface area contributed by atoms with Crippen LogP contribution in [0.5, 0.6) is 0 Å². The van der Waals surface area contributed by atoms with E-state index in [0.29, 0.717) is 0 Å². The minimum Gasteiger partial charge on any atom is -0.337 e. The molecule has 0 amide bonds. The number of quaternary nitrogens is 1. The van der Waals surface area contributed by atoms with Crippen LogP contribution in [0.1, 0.15) is 182 Å². The van der Waals surface area contributed by atoms with Gasteiger partial charge in [-0.3, -0.25) is 0 Å². The highest BCUT2D eigenvalue weighted by atomic mass is 15.3. The van der Waals surface area contributed by atoms with E-state index in [0.717, 1.165) is 0 Å². The molecule has 39 heavy (non-hydrogen) atoms. The molecule has 0 rings (SSSR count). The second-order valence-electron chi connectivity index (χ2n) is 11.6. The van der Waals surface area contributed by atoms with Gasteiger partial charge in [-0.1, -0.05) is 130 Å². The number of hydrogen-bond donors (Lipinski definition) is 2. The summed E-state index contributed by atoms with van der Waals surface area (Å²) >= 11 is 0. The average Bonchev–Trinajstić information content (AvgIpc) is 2.93. The summed E-state index contributed by atoms with van der Waals surface area (Å²) in [4.78, 5) is 0. The van der Waals surface area contributed by atoms with Gasteiger partial charge in [-0.25, -0.2) is 0 Å². The van der Waals surface area contributed by atoms with E-state index < -0.39 is 0 Å². The van der Waals surface area contributed by atoms with Crippen molar-refractivity contribution >= 4 is 0 Å². The van der Waals surface area contributed by atoms with Crippen molar-refractivity contribution in [1.29, 1.82) is 10.5 Å². The predicted octanol–water partition coefficient (Wildman–Crippen LogP) is 10.1. The van der Waals surface area contributed by atoms with Crippen molar-refractivity contribution < 1.29 is 4.48 Å². The molecular weight excluding hydrogens is 478 g/mol. The summed E-state index contributed by atoms with van der Waals surface area (Å²) in [5.41, 5.74) is 8.31. The number of nitrogens with two attached hydrogens (primary N) is 2. The van der Waals surface area contributed by atoms with Crippen LogP contribution in [-0.4, -0.2) is 30.7 Å². The van der Waals surface area contributed by atoms with Gasteiger partial charge in [0.2, 0.25) is 0 Å². The van der Waals surface area contributed by atoms with Gasteiger partial charge in [0.1, 0.15) is 0 Å². The zero-order chi connectivity index (χ0) is 29.7. The smallest absolute Gasteiger partial charge is 0.173 e. The monoisotopic (exact) mass is 551 g/mol. The lowest BCUT2D eigenvalue weighted by Crippen LogP contribution is -2.50. The highest BCUT2D eigenvalue weighted by molar-refractivity contribution is 4.54. The lowest BCUT2D eigenvalue weighted by atomic mass is 10.0. The molecule has 0 radical (unpaired) electrons. The first kappa shape index (κ1) is 42.0. The van der Waals surface area contributed by atoms with Crippen LogP contribution < -0.4 is 11.5 Å². The number of nitrogens with zero attached hydrogens (tertiary/aromatic N) is 3. The molecule has 0 fully saturated rings. The Morgan fingerprint density at radius 1 is 0.359 bits per heavy atom. The Morgan fingerprint density at radius 2 is 0.513 bits per heavy atom. The lowest BCUT2D eigenvalue weighted by Gasteiger charge is -2.39. The van der Waals surface area contributed by atoms with E-state index in [-0.39, 0.29) is 0 Å². The topological polar surface area (TPSA) is 99.6 Å². The fourth-order valence-corrected chi connectivity index (χ4v) is 5.58. The van der Waals surface area contributed by atoms with Crippen molar-refractivity contribution in [1.82, 2.24) is 0 Å². The summed E-state index contributed by atoms with van der Waals surface area (Å²) in [6.45, 7) is 15.2. The first-order chi connectivity index (χ1) is 19.1. The molecule has 0 saturated carbocycles. The van der Waals surface area contributed by atoms with Crippen LogP contribution in [0.25, 0.3) is 0 Å². The van der Waals surface area contributed by atoms with Crippen molar-refractivity contribution in [3.8, 4) is 12.4 Å². The minimum absolute atomic E-state index is 1.25. The Balaban J connectivity index is -0.00000196. The van der Waals surface area contributed by atoms with Crippen LogP contribution in [0, 0.1) is 22.9 Å². The molecule has 0 atom stereocenters. The second kappa shape index (κ2) is 38.7. The third kappa shape index (κ3) is 36.5. The van der Waals surface area contributed by atoms with Crippen LogP contribution in [0.2, 0.25) is 0 Å². The van der Waals surface area contributed by atoms with Crippen molar-refractivity contribution in [3.63, 3.8) is 0 Å². The molecule has 0 aromatic carbocycles. The van der Waals surface area contributed by atoms with Crippen molar-refractivity contribution in [2.24, 2.45) is 11.5 Å². The molecule has 0 unspecified atom stereocenters. The molecule has 0 aromatic heterocycles. The average molecular weight is 551 g/mol. The fraction of sp³-hybridized carbons (Fsp3) is 0.941. The number of unbranched alkanes of at least 4 members (excludes halogenated alkanes) is 20. The number of nitriles is 2. The molecular formula is C34H72N5+. The second-order valence-corrected chi connectivity index (χ2v) is 11.6. The van der Waals surface area contributed by atoms with Gasteiger partial charge in [-0.05, 0) is 51.4 Å². The molecule has 0 aromatic rings. The molecule has 0 saturated heterocycles. The van der Waals surface area contributed by atoms with E-state index >= 15 is 0 Å². The third-order valence-electron chi connectivity index (χ3n) is 7.94. The van der Waals surface area contributed by atoms with Gasteiger partial charge in [-0.15, -0.1) is 0 Å².